The second-order valence-electron chi connectivity index (χ2n) is 12.2. The molecule has 4 atom stereocenters. The van der Waals surface area contributed by atoms with E-state index in [1.54, 1.807) is 7.11 Å². The summed E-state index contributed by atoms with van der Waals surface area (Å²) in [5.41, 5.74) is 3.19. The Labute approximate surface area is 237 Å². The summed E-state index contributed by atoms with van der Waals surface area (Å²) < 4.78 is 19.9. The molecule has 0 amide bonds. The van der Waals surface area contributed by atoms with Crippen molar-refractivity contribution in [3.8, 4) is 11.5 Å². The normalized spacial score (nSPS) is 30.1. The Bertz CT molecular complexity index is 1410. The largest absolute Gasteiger partial charge is 0.493 e. The Morgan fingerprint density at radius 3 is 2.40 bits per heavy atom. The van der Waals surface area contributed by atoms with Gasteiger partial charge in [0, 0.05) is 31.2 Å². The van der Waals surface area contributed by atoms with Crippen molar-refractivity contribution in [3.05, 3.63) is 95.1 Å². The Kier molecular flexibility index (Phi) is 6.28. The Morgan fingerprint density at radius 2 is 1.68 bits per heavy atom. The fourth-order valence-corrected chi connectivity index (χ4v) is 8.64. The Morgan fingerprint density at radius 1 is 0.950 bits per heavy atom. The number of rotatable bonds is 9. The van der Waals surface area contributed by atoms with E-state index >= 15 is 0 Å². The van der Waals surface area contributed by atoms with Crippen LogP contribution in [0.3, 0.4) is 0 Å². The van der Waals surface area contributed by atoms with E-state index in [4.69, 9.17) is 14.2 Å². The van der Waals surface area contributed by atoms with Crippen molar-refractivity contribution in [1.82, 2.24) is 4.90 Å². The summed E-state index contributed by atoms with van der Waals surface area (Å²) in [5, 5.41) is 0. The minimum absolute atomic E-state index is 0.185. The number of benzene rings is 3. The van der Waals surface area contributed by atoms with E-state index in [0.29, 0.717) is 13.0 Å². The molecule has 5 heteroatoms. The van der Waals surface area contributed by atoms with E-state index in [0.717, 1.165) is 63.1 Å². The number of hydrogen-bond acceptors (Lipinski definition) is 5. The smallest absolute Gasteiger partial charge is 0.177 e. The van der Waals surface area contributed by atoms with Crippen LogP contribution in [-0.4, -0.2) is 54.7 Å². The Balaban J connectivity index is 1.29. The summed E-state index contributed by atoms with van der Waals surface area (Å²) >= 11 is 0. The number of aryl methyl sites for hydroxylation is 1. The molecular weight excluding hydrogens is 498 g/mol. The molecule has 1 saturated carbocycles. The predicted octanol–water partition coefficient (Wildman–Crippen LogP) is 5.71. The number of piperidine rings is 1. The van der Waals surface area contributed by atoms with Gasteiger partial charge in [-0.3, -0.25) is 9.69 Å². The number of likely N-dealkylation sites (tertiary alicyclic amines) is 1. The van der Waals surface area contributed by atoms with Gasteiger partial charge in [-0.05, 0) is 74.8 Å². The summed E-state index contributed by atoms with van der Waals surface area (Å²) in [7, 11) is 1.69. The van der Waals surface area contributed by atoms with Crippen molar-refractivity contribution in [3.63, 3.8) is 0 Å². The van der Waals surface area contributed by atoms with Gasteiger partial charge in [0.1, 0.15) is 0 Å². The molecule has 7 rings (SSSR count). The van der Waals surface area contributed by atoms with Crippen LogP contribution in [0.15, 0.2) is 72.8 Å². The van der Waals surface area contributed by atoms with Gasteiger partial charge in [-0.15, -0.1) is 0 Å². The second-order valence-corrected chi connectivity index (χ2v) is 12.2. The first-order chi connectivity index (χ1) is 19.5. The highest BCUT2D eigenvalue weighted by Gasteiger charge is 2.78. The van der Waals surface area contributed by atoms with Crippen LogP contribution in [0.1, 0.15) is 54.9 Å². The van der Waals surface area contributed by atoms with E-state index in [1.807, 2.05) is 13.0 Å². The molecule has 0 N–H and O–H groups in total. The summed E-state index contributed by atoms with van der Waals surface area (Å²) in [6.45, 7) is 4.61. The minimum atomic E-state index is -0.958. The van der Waals surface area contributed by atoms with Gasteiger partial charge in [0.05, 0.1) is 18.1 Å². The molecule has 1 spiro atoms. The molecule has 2 aliphatic heterocycles. The third kappa shape index (κ3) is 3.56. The fourth-order valence-electron chi connectivity index (χ4n) is 8.64. The summed E-state index contributed by atoms with van der Waals surface area (Å²) in [6, 6.07) is 25.8. The van der Waals surface area contributed by atoms with Crippen LogP contribution < -0.4 is 9.47 Å². The number of carbonyl (C=O) groups excluding carboxylic acids is 1. The molecule has 1 saturated heterocycles. The summed E-state index contributed by atoms with van der Waals surface area (Å²) in [5.74, 6) is 1.68. The fraction of sp³-hybridized carbons (Fsp3) is 0.457. The van der Waals surface area contributed by atoms with Gasteiger partial charge in [0.2, 0.25) is 0 Å². The van der Waals surface area contributed by atoms with Crippen LogP contribution in [-0.2, 0) is 34.2 Å². The van der Waals surface area contributed by atoms with Crippen molar-refractivity contribution in [1.29, 1.82) is 0 Å². The highest BCUT2D eigenvalue weighted by atomic mass is 16.5. The zero-order valence-electron chi connectivity index (χ0n) is 23.7. The molecule has 2 bridgehead atoms. The molecule has 208 valence electrons. The van der Waals surface area contributed by atoms with E-state index in [2.05, 4.69) is 71.6 Å². The van der Waals surface area contributed by atoms with Crippen molar-refractivity contribution in [2.45, 2.75) is 74.5 Å². The van der Waals surface area contributed by atoms with E-state index in [-0.39, 0.29) is 11.8 Å². The number of hydrogen-bond donors (Lipinski definition) is 0. The molecular formula is C35H39NO4. The molecule has 0 radical (unpaired) electrons. The molecule has 0 unspecified atom stereocenters. The lowest BCUT2D eigenvalue weighted by atomic mass is 9.45. The second kappa shape index (κ2) is 9.74. The maximum Gasteiger partial charge on any atom is 0.177 e. The topological polar surface area (TPSA) is 48.0 Å². The number of ketones is 1. The Hall–Kier alpha value is -3.15. The van der Waals surface area contributed by atoms with Crippen LogP contribution in [0.25, 0.3) is 0 Å². The first-order valence-electron chi connectivity index (χ1n) is 14.9. The van der Waals surface area contributed by atoms with Gasteiger partial charge in [-0.1, -0.05) is 66.7 Å². The van der Waals surface area contributed by atoms with Crippen molar-refractivity contribution < 1.29 is 19.0 Å². The lowest BCUT2D eigenvalue weighted by Crippen LogP contribution is -2.80. The van der Waals surface area contributed by atoms with Gasteiger partial charge in [-0.25, -0.2) is 0 Å². The lowest BCUT2D eigenvalue weighted by molar-refractivity contribution is -0.231. The van der Waals surface area contributed by atoms with Gasteiger partial charge >= 0.3 is 0 Å². The van der Waals surface area contributed by atoms with Crippen LogP contribution in [0.2, 0.25) is 0 Å². The molecule has 0 aromatic heterocycles. The molecule has 2 fully saturated rings. The average molecular weight is 538 g/mol. The number of methoxy groups -OCH3 is 1. The van der Waals surface area contributed by atoms with Crippen LogP contribution in [0.5, 0.6) is 11.5 Å². The van der Waals surface area contributed by atoms with Gasteiger partial charge in [-0.2, -0.15) is 0 Å². The third-order valence-electron chi connectivity index (χ3n) is 10.5. The summed E-state index contributed by atoms with van der Waals surface area (Å²) in [6.07, 6.45) is 5.88. The molecule has 2 aliphatic carbocycles. The molecule has 40 heavy (non-hydrogen) atoms. The number of Topliss-reactive ketones (excluding diaryl/α,β-unsaturated/α-hetero) is 1. The third-order valence-corrected chi connectivity index (χ3v) is 10.5. The number of ether oxygens (including phenoxy) is 3. The lowest BCUT2D eigenvalue weighted by Gasteiger charge is -2.66. The van der Waals surface area contributed by atoms with Gasteiger partial charge in [0.25, 0.3) is 0 Å². The van der Waals surface area contributed by atoms with Crippen LogP contribution >= 0.6 is 0 Å². The zero-order chi connectivity index (χ0) is 27.4. The molecule has 5 nitrogen and oxygen atoms in total. The summed E-state index contributed by atoms with van der Waals surface area (Å²) in [4.78, 5) is 16.5. The van der Waals surface area contributed by atoms with Crippen LogP contribution in [0, 0.1) is 0 Å². The number of nitrogens with zero attached hydrogens (tertiary/aromatic N) is 1. The average Bonchev–Trinajstić information content (AvgIpc) is 3.27. The van der Waals surface area contributed by atoms with Crippen molar-refractivity contribution in [2.24, 2.45) is 0 Å². The SMILES string of the molecule is COc1ccc2c3c1O[C@@]1(C)C(=O)CC[C@@]4(OCCCc5ccccc5)[C@@H](C2)N(CCc2ccccc2)CC[C@]314. The predicted molar refractivity (Wildman–Crippen MR) is 155 cm³/mol. The van der Waals surface area contributed by atoms with E-state index in [1.165, 1.54) is 22.3 Å². The highest BCUT2D eigenvalue weighted by molar-refractivity contribution is 5.94. The maximum atomic E-state index is 13.9. The van der Waals surface area contributed by atoms with Crippen molar-refractivity contribution in [2.75, 3.05) is 26.8 Å². The van der Waals surface area contributed by atoms with E-state index < -0.39 is 16.6 Å². The minimum Gasteiger partial charge on any atom is -0.493 e. The van der Waals surface area contributed by atoms with Gasteiger partial charge < -0.3 is 14.2 Å². The molecule has 4 aliphatic rings. The molecule has 3 aromatic carbocycles. The zero-order valence-corrected chi connectivity index (χ0v) is 23.7. The highest BCUT2D eigenvalue weighted by Crippen LogP contribution is 2.69. The number of carbonyl (C=O) groups is 1. The quantitative estimate of drug-likeness (QED) is 0.328. The maximum absolute atomic E-state index is 13.9. The monoisotopic (exact) mass is 537 g/mol. The molecule has 3 aromatic rings. The van der Waals surface area contributed by atoms with Crippen LogP contribution in [0.4, 0.5) is 0 Å². The molecule has 2 heterocycles. The first-order valence-corrected chi connectivity index (χ1v) is 14.9. The van der Waals surface area contributed by atoms with Crippen molar-refractivity contribution >= 4 is 5.78 Å². The first kappa shape index (κ1) is 25.8. The van der Waals surface area contributed by atoms with Gasteiger partial charge in [0.15, 0.2) is 22.9 Å². The standard InChI is InChI=1S/C35H39NO4/c1-33-30(37)17-19-35(39-23-9-14-25-10-5-3-6-11-25)29-24-27-15-16-28(38-2)32(40-33)31(27)34(33,35)20-22-36(29)21-18-26-12-7-4-8-13-26/h3-8,10-13,15-16,29H,9,14,17-24H2,1-2H3/t29-,33+,34+,35-/m1/s1. The van der Waals surface area contributed by atoms with E-state index in [9.17, 15) is 4.79 Å².